The first-order valence-corrected chi connectivity index (χ1v) is 13.8. The van der Waals surface area contributed by atoms with E-state index >= 15 is 0 Å². The van der Waals surface area contributed by atoms with Crippen molar-refractivity contribution in [1.82, 2.24) is 0 Å². The summed E-state index contributed by atoms with van der Waals surface area (Å²) in [4.78, 5) is 29.6. The Morgan fingerprint density at radius 3 is 1.80 bits per heavy atom. The molecule has 0 bridgehead atoms. The van der Waals surface area contributed by atoms with Crippen LogP contribution in [0.5, 0.6) is 0 Å². The van der Waals surface area contributed by atoms with Crippen molar-refractivity contribution in [1.29, 1.82) is 0 Å². The summed E-state index contributed by atoms with van der Waals surface area (Å²) in [5, 5.41) is 5.86. The molecule has 0 saturated carbocycles. The van der Waals surface area contributed by atoms with Gasteiger partial charge in [0.1, 0.15) is 5.00 Å². The zero-order valence-electron chi connectivity index (χ0n) is 18.7. The molecule has 166 valence electrons. The predicted molar refractivity (Wildman–Crippen MR) is 147 cm³/mol. The van der Waals surface area contributed by atoms with Gasteiger partial charge in [-0.1, -0.05) is 60.7 Å². The number of Topliss-reactive ketones (excluding diaryl/α,β-unsaturated/α-hetero) is 2. The molecule has 1 aliphatic carbocycles. The van der Waals surface area contributed by atoms with Crippen molar-refractivity contribution in [2.45, 2.75) is 0 Å². The van der Waals surface area contributed by atoms with Crippen LogP contribution in [0.2, 0.25) is 0 Å². The zero-order chi connectivity index (χ0) is 23.5. The molecule has 2 heterocycles. The molecule has 0 amide bonds. The van der Waals surface area contributed by atoms with Crippen LogP contribution in [0.4, 0.5) is 16.4 Å². The van der Waals surface area contributed by atoms with Crippen LogP contribution in [0, 0.1) is 0 Å². The Bertz CT molecular complexity index is 1630. The maximum Gasteiger partial charge on any atom is 0.197 e. The van der Waals surface area contributed by atoms with Crippen LogP contribution in [0.3, 0.4) is 0 Å². The first-order valence-electron chi connectivity index (χ1n) is 11.6. The number of carbonyl (C=O) groups is 2. The van der Waals surface area contributed by atoms with Gasteiger partial charge in [-0.25, -0.2) is 0 Å². The van der Waals surface area contributed by atoms with Gasteiger partial charge in [-0.2, -0.15) is 0 Å². The van der Waals surface area contributed by atoms with E-state index in [4.69, 9.17) is 0 Å². The van der Waals surface area contributed by atoms with E-state index in [0.29, 0.717) is 11.1 Å². The molecular weight excluding hydrogens is 466 g/mol. The van der Waals surface area contributed by atoms with Crippen LogP contribution < -0.4 is 15.3 Å². The summed E-state index contributed by atoms with van der Waals surface area (Å²) in [7, 11) is -0.540. The van der Waals surface area contributed by atoms with Crippen molar-refractivity contribution in [3.05, 3.63) is 119 Å². The number of carbonyl (C=O) groups excluding carboxylic acids is 2. The second-order valence-electron chi connectivity index (χ2n) is 8.91. The summed E-state index contributed by atoms with van der Waals surface area (Å²) < 4.78 is 0. The molecule has 0 N–H and O–H groups in total. The van der Waals surface area contributed by atoms with Gasteiger partial charge in [-0.15, -0.1) is 11.3 Å². The van der Waals surface area contributed by atoms with Gasteiger partial charge in [-0.3, -0.25) is 9.59 Å². The van der Waals surface area contributed by atoms with Crippen molar-refractivity contribution >= 4 is 76.0 Å². The molecule has 7 rings (SSSR count). The van der Waals surface area contributed by atoms with E-state index in [2.05, 4.69) is 59.5 Å². The quantitative estimate of drug-likeness (QED) is 0.191. The lowest BCUT2D eigenvalue weighted by Crippen LogP contribution is -2.39. The average Bonchev–Trinajstić information content (AvgIpc) is 3.44. The fraction of sp³-hybridized carbons (Fsp3) is 0. The second-order valence-corrected chi connectivity index (χ2v) is 11.9. The number of thiophene rings is 1. The number of anilines is 3. The second kappa shape index (κ2) is 7.73. The van der Waals surface area contributed by atoms with E-state index in [-0.39, 0.29) is 17.1 Å². The minimum Gasteiger partial charge on any atom is -0.302 e. The van der Waals surface area contributed by atoms with Gasteiger partial charge in [0.15, 0.2) is 11.6 Å². The van der Waals surface area contributed by atoms with Crippen LogP contribution in [0.15, 0.2) is 103 Å². The average molecular weight is 486 g/mol. The molecule has 35 heavy (non-hydrogen) atoms. The number of para-hydroxylation sites is 2. The number of allylic oxidation sites excluding steroid dienone is 1. The first-order chi connectivity index (χ1) is 17.2. The van der Waals surface area contributed by atoms with Gasteiger partial charge in [0.25, 0.3) is 0 Å². The highest BCUT2D eigenvalue weighted by Gasteiger charge is 2.33. The fourth-order valence-corrected chi connectivity index (χ4v) is 7.96. The maximum absolute atomic E-state index is 13.2. The van der Waals surface area contributed by atoms with Gasteiger partial charge >= 0.3 is 0 Å². The van der Waals surface area contributed by atoms with Gasteiger partial charge in [0, 0.05) is 27.4 Å². The molecule has 3 nitrogen and oxygen atoms in total. The molecule has 1 aliphatic heterocycles. The molecule has 2 aliphatic rings. The van der Waals surface area contributed by atoms with E-state index in [9.17, 15) is 9.59 Å². The highest BCUT2D eigenvalue weighted by atomic mass is 32.1. The standard InChI is InChI=1S/C30H19NO2SSi/c32-29-21-15-18-7-1-2-8-19(18)16-22(21)30(33)23(29)17-20-13-14-28(34-20)31-24-9-3-5-11-26(24)35-27-12-6-4-10-25(27)31/h1-17H,35H2. The maximum atomic E-state index is 13.2. The normalized spacial score (nSPS) is 14.2. The van der Waals surface area contributed by atoms with E-state index in [1.807, 2.05) is 42.5 Å². The van der Waals surface area contributed by atoms with E-state index in [0.717, 1.165) is 20.7 Å². The first kappa shape index (κ1) is 20.3. The summed E-state index contributed by atoms with van der Waals surface area (Å²) in [6, 6.07) is 32.8. The van der Waals surface area contributed by atoms with Crippen molar-refractivity contribution in [2.75, 3.05) is 4.90 Å². The van der Waals surface area contributed by atoms with Gasteiger partial charge < -0.3 is 4.90 Å². The van der Waals surface area contributed by atoms with Gasteiger partial charge in [0.05, 0.1) is 15.1 Å². The third-order valence-electron chi connectivity index (χ3n) is 6.83. The molecule has 0 unspecified atom stereocenters. The molecule has 1 aromatic heterocycles. The Hall–Kier alpha value is -4.06. The third kappa shape index (κ3) is 3.16. The topological polar surface area (TPSA) is 37.4 Å². The lowest BCUT2D eigenvalue weighted by molar-refractivity contribution is 0.0990. The molecule has 0 saturated heterocycles. The number of rotatable bonds is 2. The number of ketones is 2. The fourth-order valence-electron chi connectivity index (χ4n) is 5.15. The Balaban J connectivity index is 1.30. The molecule has 0 atom stereocenters. The van der Waals surface area contributed by atoms with Gasteiger partial charge in [-0.05, 0) is 63.6 Å². The molecule has 5 aromatic rings. The zero-order valence-corrected chi connectivity index (χ0v) is 20.9. The summed E-state index contributed by atoms with van der Waals surface area (Å²) >= 11 is 1.60. The Kier molecular flexibility index (Phi) is 4.49. The van der Waals surface area contributed by atoms with Crippen LogP contribution in [-0.2, 0) is 0 Å². The molecular formula is C30H19NO2SSi. The number of hydrogen-bond donors (Lipinski definition) is 0. The summed E-state index contributed by atoms with van der Waals surface area (Å²) in [5.74, 6) is -0.379. The van der Waals surface area contributed by atoms with E-state index < -0.39 is 9.52 Å². The Labute approximate surface area is 208 Å². The highest BCUT2D eigenvalue weighted by molar-refractivity contribution is 7.17. The predicted octanol–water partition coefficient (Wildman–Crippen LogP) is 5.27. The monoisotopic (exact) mass is 485 g/mol. The number of fused-ring (bicyclic) bond motifs is 4. The minimum atomic E-state index is -0.540. The molecule has 4 aromatic carbocycles. The highest BCUT2D eigenvalue weighted by Crippen LogP contribution is 2.40. The minimum absolute atomic E-state index is 0.189. The van der Waals surface area contributed by atoms with E-state index in [1.165, 1.54) is 21.7 Å². The summed E-state index contributed by atoms with van der Waals surface area (Å²) in [5.41, 5.74) is 3.70. The smallest absolute Gasteiger partial charge is 0.197 e. The van der Waals surface area contributed by atoms with Crippen LogP contribution in [-0.4, -0.2) is 21.1 Å². The van der Waals surface area contributed by atoms with Gasteiger partial charge in [0.2, 0.25) is 0 Å². The third-order valence-corrected chi connectivity index (χ3v) is 9.80. The van der Waals surface area contributed by atoms with Crippen molar-refractivity contribution in [3.63, 3.8) is 0 Å². The molecule has 0 radical (unpaired) electrons. The van der Waals surface area contributed by atoms with Crippen LogP contribution in [0.25, 0.3) is 16.8 Å². The lowest BCUT2D eigenvalue weighted by atomic mass is 10.0. The van der Waals surface area contributed by atoms with Crippen LogP contribution in [0.1, 0.15) is 25.6 Å². The SMILES string of the molecule is O=C1C(=Cc2ccc(N3c4ccccc4[SiH2]c4ccccc43)s2)C(=O)c2cc3ccccc3cc21. The van der Waals surface area contributed by atoms with Crippen molar-refractivity contribution in [2.24, 2.45) is 0 Å². The molecule has 0 spiro atoms. The number of hydrogen-bond acceptors (Lipinski definition) is 4. The van der Waals surface area contributed by atoms with Crippen molar-refractivity contribution in [3.8, 4) is 0 Å². The number of nitrogens with zero attached hydrogens (tertiary/aromatic N) is 1. The Morgan fingerprint density at radius 1 is 0.657 bits per heavy atom. The lowest BCUT2D eigenvalue weighted by Gasteiger charge is -2.32. The Morgan fingerprint density at radius 2 is 1.20 bits per heavy atom. The largest absolute Gasteiger partial charge is 0.302 e. The van der Waals surface area contributed by atoms with Crippen LogP contribution >= 0.6 is 11.3 Å². The van der Waals surface area contributed by atoms with Crippen molar-refractivity contribution < 1.29 is 9.59 Å². The summed E-state index contributed by atoms with van der Waals surface area (Å²) in [6.07, 6.45) is 1.76. The number of benzene rings is 4. The molecule has 0 fully saturated rings. The van der Waals surface area contributed by atoms with E-state index in [1.54, 1.807) is 17.4 Å². The molecule has 5 heteroatoms. The summed E-state index contributed by atoms with van der Waals surface area (Å²) in [6.45, 7) is 0.